The summed E-state index contributed by atoms with van der Waals surface area (Å²) in [6.07, 6.45) is 3.19. The third-order valence-corrected chi connectivity index (χ3v) is 2.47. The molecule has 18 heavy (non-hydrogen) atoms. The topological polar surface area (TPSA) is 88.8 Å². The quantitative estimate of drug-likeness (QED) is 0.761. The van der Waals surface area contributed by atoms with Gasteiger partial charge in [0.05, 0.1) is 0 Å². The van der Waals surface area contributed by atoms with Gasteiger partial charge in [0, 0.05) is 12.7 Å². The van der Waals surface area contributed by atoms with Crippen molar-refractivity contribution in [2.24, 2.45) is 0 Å². The molecule has 0 spiro atoms. The van der Waals surface area contributed by atoms with Gasteiger partial charge in [-0.2, -0.15) is 0 Å². The largest absolute Gasteiger partial charge is 0.393 e. The van der Waals surface area contributed by atoms with Gasteiger partial charge in [0.1, 0.15) is 17.8 Å². The van der Waals surface area contributed by atoms with Gasteiger partial charge in [-0.05, 0) is 25.5 Å². The summed E-state index contributed by atoms with van der Waals surface area (Å²) in [7, 11) is 0. The van der Waals surface area contributed by atoms with E-state index >= 15 is 0 Å². The monoisotopic (exact) mass is 244 g/mol. The number of hydrogen-bond donors (Lipinski definition) is 3. The average molecular weight is 244 g/mol. The smallest absolute Gasteiger partial charge is 0.160 e. The number of nitrogens with two attached hydrogens (primary N) is 1. The Morgan fingerprint density at radius 3 is 2.67 bits per heavy atom. The molecule has 0 fully saturated rings. The molecular weight excluding hydrogens is 228 g/mol. The Morgan fingerprint density at radius 1 is 1.17 bits per heavy atom. The predicted molar refractivity (Wildman–Crippen MR) is 72.9 cm³/mol. The van der Waals surface area contributed by atoms with Crippen molar-refractivity contribution in [1.29, 1.82) is 0 Å². The molecule has 0 saturated carbocycles. The summed E-state index contributed by atoms with van der Waals surface area (Å²) in [5.41, 5.74) is 7.51. The van der Waals surface area contributed by atoms with Crippen molar-refractivity contribution in [2.75, 3.05) is 22.9 Å². The Kier molecular flexibility index (Phi) is 3.57. The fourth-order valence-electron chi connectivity index (χ4n) is 1.53. The second-order valence-electron chi connectivity index (χ2n) is 3.81. The fourth-order valence-corrected chi connectivity index (χ4v) is 1.53. The molecule has 0 radical (unpaired) electrons. The molecule has 0 amide bonds. The zero-order valence-corrected chi connectivity index (χ0v) is 10.4. The molecule has 0 aromatic carbocycles. The van der Waals surface area contributed by atoms with Crippen LogP contribution in [0, 0.1) is 6.92 Å². The van der Waals surface area contributed by atoms with Crippen LogP contribution in [0.3, 0.4) is 0 Å². The van der Waals surface area contributed by atoms with E-state index in [1.807, 2.05) is 26.0 Å². The second kappa shape index (κ2) is 5.31. The lowest BCUT2D eigenvalue weighted by molar-refractivity contribution is 1.11. The summed E-state index contributed by atoms with van der Waals surface area (Å²) in [6.45, 7) is 4.71. The molecule has 0 atom stereocenters. The number of anilines is 4. The zero-order valence-electron chi connectivity index (χ0n) is 10.4. The molecule has 6 heteroatoms. The summed E-state index contributed by atoms with van der Waals surface area (Å²) in [5.74, 6) is 1.93. The fraction of sp³-hybridized carbons (Fsp3) is 0.250. The van der Waals surface area contributed by atoms with E-state index in [4.69, 9.17) is 5.73 Å². The highest BCUT2D eigenvalue weighted by molar-refractivity contribution is 5.77. The first-order chi connectivity index (χ1) is 8.72. The van der Waals surface area contributed by atoms with Gasteiger partial charge in [0.25, 0.3) is 0 Å². The molecule has 0 aliphatic rings. The van der Waals surface area contributed by atoms with Crippen LogP contribution >= 0.6 is 0 Å². The number of nitrogen functional groups attached to an aromatic ring is 1. The molecule has 94 valence electrons. The van der Waals surface area contributed by atoms with Crippen molar-refractivity contribution in [3.63, 3.8) is 0 Å². The standard InChI is InChI=1S/C12H16N6/c1-3-14-11-9(13)12(17-7-16-11)18-10-8(2)5-4-6-15-10/h4-7H,3,13H2,1-2H3,(H2,14,15,16,17,18). The van der Waals surface area contributed by atoms with Gasteiger partial charge in [0.2, 0.25) is 0 Å². The number of aryl methyl sites for hydroxylation is 1. The maximum absolute atomic E-state index is 5.99. The highest BCUT2D eigenvalue weighted by Gasteiger charge is 2.08. The van der Waals surface area contributed by atoms with E-state index < -0.39 is 0 Å². The van der Waals surface area contributed by atoms with E-state index in [1.165, 1.54) is 6.33 Å². The molecule has 6 nitrogen and oxygen atoms in total. The van der Waals surface area contributed by atoms with E-state index in [0.717, 1.165) is 17.9 Å². The minimum atomic E-state index is 0.490. The SMILES string of the molecule is CCNc1ncnc(Nc2ncccc2C)c1N. The molecule has 0 aliphatic heterocycles. The van der Waals surface area contributed by atoms with Gasteiger partial charge < -0.3 is 16.4 Å². The number of nitrogens with one attached hydrogen (secondary N) is 2. The van der Waals surface area contributed by atoms with Crippen LogP contribution in [-0.2, 0) is 0 Å². The Morgan fingerprint density at radius 2 is 1.94 bits per heavy atom. The van der Waals surface area contributed by atoms with Crippen LogP contribution in [0.5, 0.6) is 0 Å². The average Bonchev–Trinajstić information content (AvgIpc) is 2.37. The molecule has 0 aliphatic carbocycles. The lowest BCUT2D eigenvalue weighted by atomic mass is 10.3. The van der Waals surface area contributed by atoms with Crippen LogP contribution < -0.4 is 16.4 Å². The minimum absolute atomic E-state index is 0.490. The van der Waals surface area contributed by atoms with Crippen molar-refractivity contribution < 1.29 is 0 Å². The normalized spacial score (nSPS) is 10.1. The lowest BCUT2D eigenvalue weighted by Gasteiger charge is -2.12. The molecule has 0 unspecified atom stereocenters. The Hall–Kier alpha value is -2.37. The summed E-state index contributed by atoms with van der Waals surface area (Å²) in [4.78, 5) is 12.5. The molecule has 4 N–H and O–H groups in total. The van der Waals surface area contributed by atoms with Crippen LogP contribution in [-0.4, -0.2) is 21.5 Å². The van der Waals surface area contributed by atoms with Gasteiger partial charge in [-0.25, -0.2) is 15.0 Å². The summed E-state index contributed by atoms with van der Waals surface area (Å²) in [6, 6.07) is 3.85. The van der Waals surface area contributed by atoms with Crippen LogP contribution in [0.2, 0.25) is 0 Å². The third-order valence-electron chi connectivity index (χ3n) is 2.47. The molecular formula is C12H16N6. The van der Waals surface area contributed by atoms with Crippen molar-refractivity contribution in [3.8, 4) is 0 Å². The maximum Gasteiger partial charge on any atom is 0.160 e. The van der Waals surface area contributed by atoms with E-state index in [0.29, 0.717) is 17.3 Å². The Bertz CT molecular complexity index is 540. The van der Waals surface area contributed by atoms with Crippen LogP contribution in [0.25, 0.3) is 0 Å². The van der Waals surface area contributed by atoms with E-state index in [9.17, 15) is 0 Å². The van der Waals surface area contributed by atoms with Gasteiger partial charge in [-0.1, -0.05) is 6.07 Å². The van der Waals surface area contributed by atoms with Gasteiger partial charge in [0.15, 0.2) is 11.6 Å². The summed E-state index contributed by atoms with van der Waals surface area (Å²) in [5, 5.41) is 6.19. The number of nitrogens with zero attached hydrogens (tertiary/aromatic N) is 3. The summed E-state index contributed by atoms with van der Waals surface area (Å²) < 4.78 is 0. The van der Waals surface area contributed by atoms with Crippen LogP contribution in [0.1, 0.15) is 12.5 Å². The summed E-state index contributed by atoms with van der Waals surface area (Å²) >= 11 is 0. The van der Waals surface area contributed by atoms with E-state index in [2.05, 4.69) is 25.6 Å². The maximum atomic E-state index is 5.99. The van der Waals surface area contributed by atoms with E-state index in [-0.39, 0.29) is 0 Å². The minimum Gasteiger partial charge on any atom is -0.393 e. The highest BCUT2D eigenvalue weighted by Crippen LogP contribution is 2.25. The van der Waals surface area contributed by atoms with Crippen molar-refractivity contribution >= 4 is 23.1 Å². The van der Waals surface area contributed by atoms with Crippen LogP contribution in [0.4, 0.5) is 23.1 Å². The Labute approximate surface area is 106 Å². The van der Waals surface area contributed by atoms with Gasteiger partial charge in [-0.15, -0.1) is 0 Å². The van der Waals surface area contributed by atoms with Gasteiger partial charge >= 0.3 is 0 Å². The van der Waals surface area contributed by atoms with Crippen LogP contribution in [0.15, 0.2) is 24.7 Å². The van der Waals surface area contributed by atoms with Crippen molar-refractivity contribution in [2.45, 2.75) is 13.8 Å². The van der Waals surface area contributed by atoms with Crippen molar-refractivity contribution in [1.82, 2.24) is 15.0 Å². The second-order valence-corrected chi connectivity index (χ2v) is 3.81. The number of rotatable bonds is 4. The first kappa shape index (κ1) is 12.1. The third kappa shape index (κ3) is 2.48. The molecule has 2 rings (SSSR count). The number of pyridine rings is 1. The highest BCUT2D eigenvalue weighted by atomic mass is 15.1. The number of hydrogen-bond acceptors (Lipinski definition) is 6. The first-order valence-corrected chi connectivity index (χ1v) is 5.75. The van der Waals surface area contributed by atoms with Gasteiger partial charge in [-0.3, -0.25) is 0 Å². The lowest BCUT2D eigenvalue weighted by Crippen LogP contribution is -2.08. The molecule has 0 saturated heterocycles. The Balaban J connectivity index is 2.30. The predicted octanol–water partition coefficient (Wildman–Crippen LogP) is 1.94. The first-order valence-electron chi connectivity index (χ1n) is 5.75. The molecule has 2 aromatic rings. The zero-order chi connectivity index (χ0) is 13.0. The molecule has 2 aromatic heterocycles. The number of aromatic nitrogens is 3. The molecule has 2 heterocycles. The van der Waals surface area contributed by atoms with Crippen molar-refractivity contribution in [3.05, 3.63) is 30.2 Å². The van der Waals surface area contributed by atoms with E-state index in [1.54, 1.807) is 6.20 Å². The molecule has 0 bridgehead atoms.